The maximum atomic E-state index is 6.07. The summed E-state index contributed by atoms with van der Waals surface area (Å²) in [5, 5.41) is 0.309. The molecule has 0 radical (unpaired) electrons. The lowest BCUT2D eigenvalue weighted by Crippen LogP contribution is -2.51. The maximum absolute atomic E-state index is 6.07. The largest absolute Gasteiger partial charge is 0.378 e. The normalized spacial score (nSPS) is 33.0. The average molecular weight is 191 g/mol. The van der Waals surface area contributed by atoms with Crippen molar-refractivity contribution in [3.63, 3.8) is 0 Å². The number of hydrogen-bond acceptors (Lipinski definition) is 1. The van der Waals surface area contributed by atoms with Gasteiger partial charge in [0.1, 0.15) is 0 Å². The predicted octanol–water partition coefficient (Wildman–Crippen LogP) is 3.21. The van der Waals surface area contributed by atoms with Crippen molar-refractivity contribution in [2.24, 2.45) is 5.41 Å². The van der Waals surface area contributed by atoms with Gasteiger partial charge in [0.2, 0.25) is 0 Å². The van der Waals surface area contributed by atoms with Crippen LogP contribution in [0.5, 0.6) is 0 Å². The summed E-state index contributed by atoms with van der Waals surface area (Å²) in [6.07, 6.45) is 3.79. The third kappa shape index (κ3) is 1.94. The molecule has 2 heteroatoms. The van der Waals surface area contributed by atoms with E-state index in [0.717, 1.165) is 13.0 Å². The minimum absolute atomic E-state index is 0.190. The van der Waals surface area contributed by atoms with Crippen LogP contribution < -0.4 is 0 Å². The van der Waals surface area contributed by atoms with E-state index in [-0.39, 0.29) is 5.41 Å². The summed E-state index contributed by atoms with van der Waals surface area (Å²) < 4.78 is 5.72. The van der Waals surface area contributed by atoms with E-state index in [4.69, 9.17) is 16.3 Å². The summed E-state index contributed by atoms with van der Waals surface area (Å²) in [7, 11) is 0. The molecule has 1 rings (SSSR count). The number of unbranched alkanes of at least 4 members (excludes halogenated alkanes) is 1. The molecule has 1 aliphatic carbocycles. The molecule has 1 nitrogen and oxygen atoms in total. The van der Waals surface area contributed by atoms with Crippen molar-refractivity contribution < 1.29 is 4.74 Å². The third-order valence-electron chi connectivity index (χ3n) is 2.88. The lowest BCUT2D eigenvalue weighted by molar-refractivity contribution is -0.0890. The van der Waals surface area contributed by atoms with Gasteiger partial charge in [-0.05, 0) is 12.8 Å². The highest BCUT2D eigenvalue weighted by atomic mass is 35.5. The van der Waals surface area contributed by atoms with E-state index in [9.17, 15) is 0 Å². The van der Waals surface area contributed by atoms with E-state index < -0.39 is 0 Å². The standard InChI is InChI=1S/C10H19ClO/c1-4-5-6-12-9-7-8(11)10(9,2)3/h8-9H,4-7H2,1-3H3. The Kier molecular flexibility index (Phi) is 3.42. The second kappa shape index (κ2) is 3.97. The fourth-order valence-corrected chi connectivity index (χ4v) is 1.79. The first-order chi connectivity index (χ1) is 5.59. The molecule has 12 heavy (non-hydrogen) atoms. The van der Waals surface area contributed by atoms with E-state index >= 15 is 0 Å². The second-order valence-electron chi connectivity index (χ2n) is 4.24. The zero-order valence-electron chi connectivity index (χ0n) is 8.27. The molecule has 0 bridgehead atoms. The lowest BCUT2D eigenvalue weighted by Gasteiger charge is -2.48. The fraction of sp³-hybridized carbons (Fsp3) is 1.00. The van der Waals surface area contributed by atoms with E-state index in [1.807, 2.05) is 0 Å². The summed E-state index contributed by atoms with van der Waals surface area (Å²) >= 11 is 6.07. The molecule has 2 atom stereocenters. The van der Waals surface area contributed by atoms with Gasteiger partial charge in [-0.3, -0.25) is 0 Å². The number of ether oxygens (including phenoxy) is 1. The third-order valence-corrected chi connectivity index (χ3v) is 3.62. The van der Waals surface area contributed by atoms with Crippen molar-refractivity contribution in [1.82, 2.24) is 0 Å². The first-order valence-corrected chi connectivity index (χ1v) is 5.28. The predicted molar refractivity (Wildman–Crippen MR) is 52.7 cm³/mol. The molecule has 0 aromatic rings. The summed E-state index contributed by atoms with van der Waals surface area (Å²) in [4.78, 5) is 0. The number of alkyl halides is 1. The van der Waals surface area contributed by atoms with Crippen LogP contribution >= 0.6 is 11.6 Å². The van der Waals surface area contributed by atoms with Gasteiger partial charge in [0, 0.05) is 17.4 Å². The van der Waals surface area contributed by atoms with Crippen molar-refractivity contribution in [1.29, 1.82) is 0 Å². The van der Waals surface area contributed by atoms with Crippen molar-refractivity contribution in [3.8, 4) is 0 Å². The van der Waals surface area contributed by atoms with Gasteiger partial charge in [-0.2, -0.15) is 0 Å². The smallest absolute Gasteiger partial charge is 0.0654 e. The monoisotopic (exact) mass is 190 g/mol. The molecule has 0 spiro atoms. The Morgan fingerprint density at radius 2 is 2.17 bits per heavy atom. The van der Waals surface area contributed by atoms with E-state index in [1.165, 1.54) is 12.8 Å². The van der Waals surface area contributed by atoms with Gasteiger partial charge in [0.25, 0.3) is 0 Å². The number of hydrogen-bond donors (Lipinski definition) is 0. The minimum Gasteiger partial charge on any atom is -0.378 e. The first-order valence-electron chi connectivity index (χ1n) is 4.84. The van der Waals surface area contributed by atoms with Gasteiger partial charge in [-0.1, -0.05) is 27.2 Å². The van der Waals surface area contributed by atoms with Crippen LogP contribution in [0.25, 0.3) is 0 Å². The van der Waals surface area contributed by atoms with E-state index in [2.05, 4.69) is 20.8 Å². The topological polar surface area (TPSA) is 9.23 Å². The highest BCUT2D eigenvalue weighted by Gasteiger charge is 2.47. The highest BCUT2D eigenvalue weighted by Crippen LogP contribution is 2.46. The Morgan fingerprint density at radius 1 is 1.50 bits per heavy atom. The summed E-state index contributed by atoms with van der Waals surface area (Å²) in [5.41, 5.74) is 0.190. The van der Waals surface area contributed by atoms with Crippen molar-refractivity contribution in [2.45, 2.75) is 51.5 Å². The molecular weight excluding hydrogens is 172 g/mol. The Labute approximate surface area is 80.4 Å². The van der Waals surface area contributed by atoms with Gasteiger partial charge in [0.15, 0.2) is 0 Å². The molecule has 0 heterocycles. The zero-order chi connectivity index (χ0) is 9.19. The van der Waals surface area contributed by atoms with Crippen LogP contribution in [0.15, 0.2) is 0 Å². The van der Waals surface area contributed by atoms with Gasteiger partial charge < -0.3 is 4.74 Å². The molecule has 0 aliphatic heterocycles. The number of rotatable bonds is 4. The highest BCUT2D eigenvalue weighted by molar-refractivity contribution is 6.21. The fourth-order valence-electron chi connectivity index (χ4n) is 1.49. The quantitative estimate of drug-likeness (QED) is 0.489. The Morgan fingerprint density at radius 3 is 2.58 bits per heavy atom. The molecule has 72 valence electrons. The molecule has 1 aliphatic rings. The van der Waals surface area contributed by atoms with E-state index in [1.54, 1.807) is 0 Å². The molecule has 0 N–H and O–H groups in total. The van der Waals surface area contributed by atoms with E-state index in [0.29, 0.717) is 11.5 Å². The number of halogens is 1. The van der Waals surface area contributed by atoms with Crippen molar-refractivity contribution in [2.75, 3.05) is 6.61 Å². The minimum atomic E-state index is 0.190. The Bertz CT molecular complexity index is 145. The van der Waals surface area contributed by atoms with Crippen molar-refractivity contribution >= 4 is 11.6 Å². The van der Waals surface area contributed by atoms with Crippen LogP contribution in [0.4, 0.5) is 0 Å². The van der Waals surface area contributed by atoms with Crippen LogP contribution in [0.2, 0.25) is 0 Å². The molecule has 0 aromatic carbocycles. The van der Waals surface area contributed by atoms with Crippen molar-refractivity contribution in [3.05, 3.63) is 0 Å². The lowest BCUT2D eigenvalue weighted by atomic mass is 9.68. The average Bonchev–Trinajstić information content (AvgIpc) is 2.04. The zero-order valence-corrected chi connectivity index (χ0v) is 9.03. The van der Waals surface area contributed by atoms with Crippen LogP contribution in [-0.2, 0) is 4.74 Å². The maximum Gasteiger partial charge on any atom is 0.0654 e. The SMILES string of the molecule is CCCCOC1CC(Cl)C1(C)C. The Balaban J connectivity index is 2.19. The van der Waals surface area contributed by atoms with Gasteiger partial charge in [-0.15, -0.1) is 11.6 Å². The molecule has 2 unspecified atom stereocenters. The Hall–Kier alpha value is 0.250. The van der Waals surface area contributed by atoms with Gasteiger partial charge in [-0.25, -0.2) is 0 Å². The van der Waals surface area contributed by atoms with Crippen LogP contribution in [0, 0.1) is 5.41 Å². The summed E-state index contributed by atoms with van der Waals surface area (Å²) in [6, 6.07) is 0. The molecule has 1 saturated carbocycles. The van der Waals surface area contributed by atoms with Crippen LogP contribution in [0.3, 0.4) is 0 Å². The molecular formula is C10H19ClO. The van der Waals surface area contributed by atoms with Crippen LogP contribution in [0.1, 0.15) is 40.0 Å². The first kappa shape index (κ1) is 10.3. The summed E-state index contributed by atoms with van der Waals surface area (Å²) in [6.45, 7) is 7.45. The van der Waals surface area contributed by atoms with Crippen LogP contribution in [-0.4, -0.2) is 18.1 Å². The molecule has 0 amide bonds. The molecule has 1 fully saturated rings. The summed E-state index contributed by atoms with van der Waals surface area (Å²) in [5.74, 6) is 0. The second-order valence-corrected chi connectivity index (χ2v) is 4.76. The molecule has 0 aromatic heterocycles. The molecule has 0 saturated heterocycles. The van der Waals surface area contributed by atoms with Gasteiger partial charge in [0.05, 0.1) is 6.10 Å². The van der Waals surface area contributed by atoms with Gasteiger partial charge >= 0.3 is 0 Å².